The van der Waals surface area contributed by atoms with Crippen LogP contribution >= 0.6 is 11.3 Å². The maximum Gasteiger partial charge on any atom is 0.266 e. The summed E-state index contributed by atoms with van der Waals surface area (Å²) in [4.78, 5) is 17.6. The molecule has 8 heteroatoms. The number of hydrogen-bond donors (Lipinski definition) is 0. The number of hydrogen-bond acceptors (Lipinski definition) is 4. The molecule has 1 aliphatic rings. The zero-order valence-corrected chi connectivity index (χ0v) is 16.2. The minimum absolute atomic E-state index is 0.383. The molecule has 1 aromatic heterocycles. The molecular weight excluding hydrogens is 370 g/mol. The monoisotopic (exact) mass is 389 g/mol. The summed E-state index contributed by atoms with van der Waals surface area (Å²) in [6.07, 6.45) is 2.35. The molecule has 2 aromatic carbocycles. The molecule has 1 aliphatic heterocycles. The van der Waals surface area contributed by atoms with Gasteiger partial charge in [0.1, 0.15) is 6.04 Å². The minimum Gasteiger partial charge on any atom is -0.319 e. The Bertz CT molecular complexity index is 1190. The molecule has 0 spiro atoms. The van der Waals surface area contributed by atoms with E-state index in [1.54, 1.807) is 0 Å². The Hall–Kier alpha value is -2.03. The van der Waals surface area contributed by atoms with Gasteiger partial charge in [-0.1, -0.05) is 41.7 Å². The lowest BCUT2D eigenvalue weighted by atomic mass is 10.1. The van der Waals surface area contributed by atoms with Crippen LogP contribution in [-0.4, -0.2) is 42.0 Å². The van der Waals surface area contributed by atoms with E-state index in [0.717, 1.165) is 27.2 Å². The Morgan fingerprint density at radius 3 is 2.77 bits per heavy atom. The topological polar surface area (TPSA) is 71.7 Å². The van der Waals surface area contributed by atoms with E-state index in [1.165, 1.54) is 15.6 Å². The molecular formula is C18H19N3O3S2. The molecule has 6 nitrogen and oxygen atoms in total. The van der Waals surface area contributed by atoms with Crippen molar-refractivity contribution >= 4 is 48.3 Å². The van der Waals surface area contributed by atoms with Crippen molar-refractivity contribution in [2.24, 2.45) is 12.0 Å². The van der Waals surface area contributed by atoms with Gasteiger partial charge in [-0.15, -0.1) is 0 Å². The van der Waals surface area contributed by atoms with Crippen molar-refractivity contribution in [2.45, 2.75) is 18.9 Å². The summed E-state index contributed by atoms with van der Waals surface area (Å²) in [5.74, 6) is -0.389. The quantitative estimate of drug-likeness (QED) is 0.675. The fourth-order valence-corrected chi connectivity index (χ4v) is 5.74. The number of amides is 1. The first-order valence-corrected chi connectivity index (χ1v) is 11.1. The largest absolute Gasteiger partial charge is 0.319 e. The minimum atomic E-state index is -3.40. The van der Waals surface area contributed by atoms with Crippen molar-refractivity contribution in [3.8, 4) is 0 Å². The maximum atomic E-state index is 12.7. The fourth-order valence-electron chi connectivity index (χ4n) is 3.58. The molecule has 2 heterocycles. The number of thiazole rings is 1. The van der Waals surface area contributed by atoms with Crippen molar-refractivity contribution in [1.82, 2.24) is 8.87 Å². The van der Waals surface area contributed by atoms with Crippen molar-refractivity contribution in [1.29, 1.82) is 0 Å². The molecule has 0 bridgehead atoms. The van der Waals surface area contributed by atoms with Gasteiger partial charge in [-0.3, -0.25) is 4.79 Å². The predicted molar refractivity (Wildman–Crippen MR) is 103 cm³/mol. The van der Waals surface area contributed by atoms with Crippen LogP contribution in [0.3, 0.4) is 0 Å². The van der Waals surface area contributed by atoms with E-state index in [4.69, 9.17) is 0 Å². The van der Waals surface area contributed by atoms with E-state index in [9.17, 15) is 13.2 Å². The van der Waals surface area contributed by atoms with E-state index in [0.29, 0.717) is 24.2 Å². The summed E-state index contributed by atoms with van der Waals surface area (Å²) in [6.45, 7) is 0.383. The molecule has 26 heavy (non-hydrogen) atoms. The van der Waals surface area contributed by atoms with Gasteiger partial charge in [0.2, 0.25) is 10.0 Å². The molecule has 0 radical (unpaired) electrons. The molecule has 0 aliphatic carbocycles. The Morgan fingerprint density at radius 1 is 1.23 bits per heavy atom. The molecule has 1 amide bonds. The third-order valence-electron chi connectivity index (χ3n) is 4.81. The van der Waals surface area contributed by atoms with Gasteiger partial charge in [0, 0.05) is 19.0 Å². The van der Waals surface area contributed by atoms with Crippen LogP contribution in [-0.2, 0) is 21.9 Å². The van der Waals surface area contributed by atoms with Crippen molar-refractivity contribution in [3.63, 3.8) is 0 Å². The highest BCUT2D eigenvalue weighted by atomic mass is 32.2. The second-order valence-electron chi connectivity index (χ2n) is 6.56. The molecule has 1 saturated heterocycles. The summed E-state index contributed by atoms with van der Waals surface area (Å²) in [5.41, 5.74) is 1.03. The lowest BCUT2D eigenvalue weighted by Crippen LogP contribution is -2.39. The standard InChI is InChI=1S/C18H19N3O3S2/c1-20-16-13-7-4-3-6-12(13)9-10-15(16)25-18(20)19-17(22)14-8-5-11-21(14)26(2,23)24/h3-4,6-7,9-10,14H,5,8,11H2,1-2H3. The first-order chi connectivity index (χ1) is 12.4. The lowest BCUT2D eigenvalue weighted by molar-refractivity contribution is -0.121. The number of nitrogens with zero attached hydrogens (tertiary/aromatic N) is 3. The Balaban J connectivity index is 1.83. The lowest BCUT2D eigenvalue weighted by Gasteiger charge is -2.18. The van der Waals surface area contributed by atoms with Crippen molar-refractivity contribution in [2.75, 3.05) is 12.8 Å². The van der Waals surface area contributed by atoms with Gasteiger partial charge in [-0.2, -0.15) is 9.30 Å². The smallest absolute Gasteiger partial charge is 0.266 e. The van der Waals surface area contributed by atoms with Crippen LogP contribution in [0.1, 0.15) is 12.8 Å². The number of fused-ring (bicyclic) bond motifs is 3. The van der Waals surface area contributed by atoms with Crippen LogP contribution in [0.4, 0.5) is 0 Å². The van der Waals surface area contributed by atoms with Crippen LogP contribution in [0.15, 0.2) is 41.4 Å². The van der Waals surface area contributed by atoms with Crippen LogP contribution in [0.5, 0.6) is 0 Å². The molecule has 4 rings (SSSR count). The Morgan fingerprint density at radius 2 is 2.00 bits per heavy atom. The Labute approximate surface area is 155 Å². The number of carbonyl (C=O) groups is 1. The Kier molecular flexibility index (Phi) is 4.21. The molecule has 0 N–H and O–H groups in total. The number of benzene rings is 2. The van der Waals surface area contributed by atoms with Crippen molar-refractivity contribution in [3.05, 3.63) is 41.2 Å². The third-order valence-corrected chi connectivity index (χ3v) is 7.19. The number of sulfonamides is 1. The second kappa shape index (κ2) is 6.29. The van der Waals surface area contributed by atoms with Gasteiger partial charge in [0.15, 0.2) is 4.80 Å². The summed E-state index contributed by atoms with van der Waals surface area (Å²) in [5, 5.41) is 2.24. The fraction of sp³-hybridized carbons (Fsp3) is 0.333. The molecule has 3 aromatic rings. The zero-order valence-electron chi connectivity index (χ0n) is 14.5. The number of aromatic nitrogens is 1. The van der Waals surface area contributed by atoms with Crippen LogP contribution < -0.4 is 4.80 Å². The van der Waals surface area contributed by atoms with Gasteiger partial charge in [0.25, 0.3) is 5.91 Å². The molecule has 0 saturated carbocycles. The van der Waals surface area contributed by atoms with Crippen LogP contribution in [0, 0.1) is 0 Å². The number of carbonyl (C=O) groups excluding carboxylic acids is 1. The number of aryl methyl sites for hydroxylation is 1. The number of rotatable bonds is 2. The normalized spacial score (nSPS) is 19.6. The van der Waals surface area contributed by atoms with Gasteiger partial charge >= 0.3 is 0 Å². The van der Waals surface area contributed by atoms with E-state index < -0.39 is 16.1 Å². The van der Waals surface area contributed by atoms with Gasteiger partial charge in [-0.25, -0.2) is 8.42 Å². The second-order valence-corrected chi connectivity index (χ2v) is 9.50. The highest BCUT2D eigenvalue weighted by Gasteiger charge is 2.36. The summed E-state index contributed by atoms with van der Waals surface area (Å²) < 4.78 is 28.0. The van der Waals surface area contributed by atoms with E-state index in [1.807, 2.05) is 29.8 Å². The van der Waals surface area contributed by atoms with Gasteiger partial charge in [-0.05, 0) is 24.3 Å². The van der Waals surface area contributed by atoms with E-state index in [-0.39, 0.29) is 5.91 Å². The van der Waals surface area contributed by atoms with E-state index in [2.05, 4.69) is 23.2 Å². The SMILES string of the molecule is Cn1c(=NC(=O)C2CCCN2S(C)(=O)=O)sc2ccc3ccccc3c21. The average Bonchev–Trinajstić information content (AvgIpc) is 3.20. The van der Waals surface area contributed by atoms with Crippen LogP contribution in [0.25, 0.3) is 21.0 Å². The average molecular weight is 390 g/mol. The maximum absolute atomic E-state index is 12.7. The van der Waals surface area contributed by atoms with E-state index >= 15 is 0 Å². The molecule has 1 unspecified atom stereocenters. The third kappa shape index (κ3) is 2.87. The summed E-state index contributed by atoms with van der Waals surface area (Å²) in [6, 6.07) is 11.5. The van der Waals surface area contributed by atoms with Crippen molar-refractivity contribution < 1.29 is 13.2 Å². The summed E-state index contributed by atoms with van der Waals surface area (Å²) >= 11 is 1.44. The molecule has 136 valence electrons. The predicted octanol–water partition coefficient (Wildman–Crippen LogP) is 2.24. The first-order valence-electron chi connectivity index (χ1n) is 8.39. The first kappa shape index (κ1) is 17.4. The highest BCUT2D eigenvalue weighted by molar-refractivity contribution is 7.88. The molecule has 1 atom stereocenters. The zero-order chi connectivity index (χ0) is 18.5. The van der Waals surface area contributed by atoms with Crippen LogP contribution in [0.2, 0.25) is 0 Å². The summed E-state index contributed by atoms with van der Waals surface area (Å²) in [7, 11) is -1.51. The highest BCUT2D eigenvalue weighted by Crippen LogP contribution is 2.27. The molecule has 1 fully saturated rings. The van der Waals surface area contributed by atoms with Gasteiger partial charge < -0.3 is 4.57 Å². The van der Waals surface area contributed by atoms with Gasteiger partial charge in [0.05, 0.1) is 16.5 Å².